The Morgan fingerprint density at radius 3 is 2.45 bits per heavy atom. The number of phenolic OH excluding ortho intramolecular Hbond substituents is 1. The molecule has 0 radical (unpaired) electrons. The predicted molar refractivity (Wildman–Crippen MR) is 80.0 cm³/mol. The van der Waals surface area contributed by atoms with Crippen LogP contribution < -0.4 is 14.2 Å². The van der Waals surface area contributed by atoms with E-state index in [4.69, 9.17) is 14.2 Å². The quantitative estimate of drug-likeness (QED) is 0.943. The smallest absolute Gasteiger partial charge is 0.176 e. The highest BCUT2D eigenvalue weighted by Gasteiger charge is 2.34. The van der Waals surface area contributed by atoms with Crippen LogP contribution in [0.2, 0.25) is 0 Å². The third-order valence-corrected chi connectivity index (χ3v) is 3.70. The number of methoxy groups -OCH3 is 2. The summed E-state index contributed by atoms with van der Waals surface area (Å²) in [4.78, 5) is 12.5. The van der Waals surface area contributed by atoms with Gasteiger partial charge in [-0.15, -0.1) is 0 Å². The van der Waals surface area contributed by atoms with Crippen molar-refractivity contribution in [3.63, 3.8) is 0 Å². The van der Waals surface area contributed by atoms with E-state index in [-0.39, 0.29) is 35.0 Å². The number of fused-ring (bicyclic) bond motifs is 1. The molecule has 5 heteroatoms. The topological polar surface area (TPSA) is 65.0 Å². The maximum absolute atomic E-state index is 12.5. The van der Waals surface area contributed by atoms with Gasteiger partial charge in [-0.3, -0.25) is 4.79 Å². The van der Waals surface area contributed by atoms with Gasteiger partial charge < -0.3 is 19.3 Å². The number of hydrogen-bond acceptors (Lipinski definition) is 5. The van der Waals surface area contributed by atoms with Crippen molar-refractivity contribution in [3.8, 4) is 23.0 Å². The summed E-state index contributed by atoms with van der Waals surface area (Å²) in [6, 6.07) is 11.0. The average molecular weight is 300 g/mol. The number of hydrogen-bond donors (Lipinski definition) is 1. The normalized spacial score (nSPS) is 16.6. The van der Waals surface area contributed by atoms with Gasteiger partial charge in [0.1, 0.15) is 11.7 Å². The number of phenols is 1. The third kappa shape index (κ3) is 2.24. The third-order valence-electron chi connectivity index (χ3n) is 3.70. The first-order valence-corrected chi connectivity index (χ1v) is 6.88. The molecule has 0 amide bonds. The first-order chi connectivity index (χ1) is 10.7. The minimum Gasteiger partial charge on any atom is -0.504 e. The van der Waals surface area contributed by atoms with Crippen LogP contribution in [0.5, 0.6) is 23.0 Å². The van der Waals surface area contributed by atoms with Crippen LogP contribution in [0.1, 0.15) is 28.4 Å². The maximum atomic E-state index is 12.5. The predicted octanol–water partition coefficient (Wildman–Crippen LogP) is 3.12. The van der Waals surface area contributed by atoms with Crippen molar-refractivity contribution in [2.45, 2.75) is 12.5 Å². The zero-order valence-electron chi connectivity index (χ0n) is 12.3. The molecule has 0 saturated carbocycles. The van der Waals surface area contributed by atoms with Crippen LogP contribution in [0.4, 0.5) is 0 Å². The maximum Gasteiger partial charge on any atom is 0.176 e. The standard InChI is InChI=1S/C17H16O5/c1-20-13-9-14(21-2)17-15(16(13)19)11(18)8-12(22-17)10-6-4-3-5-7-10/h3-7,9,12,19H,8H2,1-2H3. The zero-order chi connectivity index (χ0) is 15.7. The monoisotopic (exact) mass is 300 g/mol. The highest BCUT2D eigenvalue weighted by molar-refractivity contribution is 6.04. The molecule has 0 fully saturated rings. The van der Waals surface area contributed by atoms with Gasteiger partial charge in [-0.25, -0.2) is 0 Å². The van der Waals surface area contributed by atoms with Crippen LogP contribution in [0, 0.1) is 0 Å². The van der Waals surface area contributed by atoms with Gasteiger partial charge in [0, 0.05) is 6.07 Å². The lowest BCUT2D eigenvalue weighted by molar-refractivity contribution is 0.0836. The molecule has 1 heterocycles. The van der Waals surface area contributed by atoms with Gasteiger partial charge >= 0.3 is 0 Å². The number of rotatable bonds is 3. The van der Waals surface area contributed by atoms with E-state index in [1.807, 2.05) is 30.3 Å². The number of carbonyl (C=O) groups is 1. The molecule has 0 aliphatic carbocycles. The van der Waals surface area contributed by atoms with Gasteiger partial charge in [0.25, 0.3) is 0 Å². The Hall–Kier alpha value is -2.69. The van der Waals surface area contributed by atoms with Crippen LogP contribution >= 0.6 is 0 Å². The van der Waals surface area contributed by atoms with E-state index >= 15 is 0 Å². The van der Waals surface area contributed by atoms with Gasteiger partial charge in [-0.05, 0) is 5.56 Å². The Bertz CT molecular complexity index is 709. The van der Waals surface area contributed by atoms with Crippen molar-refractivity contribution in [1.29, 1.82) is 0 Å². The van der Waals surface area contributed by atoms with E-state index in [1.54, 1.807) is 0 Å². The fourth-order valence-corrected chi connectivity index (χ4v) is 2.60. The van der Waals surface area contributed by atoms with Crippen LogP contribution in [-0.4, -0.2) is 25.1 Å². The second-order valence-corrected chi connectivity index (χ2v) is 4.98. The van der Waals surface area contributed by atoms with Crippen LogP contribution in [0.15, 0.2) is 36.4 Å². The largest absolute Gasteiger partial charge is 0.504 e. The minimum absolute atomic E-state index is 0.114. The molecule has 1 atom stereocenters. The summed E-state index contributed by atoms with van der Waals surface area (Å²) in [5.74, 6) is 0.384. The zero-order valence-corrected chi connectivity index (χ0v) is 12.3. The molecule has 0 aromatic heterocycles. The molecule has 1 unspecified atom stereocenters. The van der Waals surface area contributed by atoms with Crippen molar-refractivity contribution in [3.05, 3.63) is 47.5 Å². The summed E-state index contributed by atoms with van der Waals surface area (Å²) in [5.41, 5.74) is 1.02. The summed E-state index contributed by atoms with van der Waals surface area (Å²) in [6.45, 7) is 0. The number of benzene rings is 2. The van der Waals surface area contributed by atoms with E-state index < -0.39 is 6.10 Å². The highest BCUT2D eigenvalue weighted by Crippen LogP contribution is 2.49. The van der Waals surface area contributed by atoms with Crippen LogP contribution in [-0.2, 0) is 0 Å². The van der Waals surface area contributed by atoms with Crippen LogP contribution in [0.25, 0.3) is 0 Å². The van der Waals surface area contributed by atoms with Gasteiger partial charge in [-0.2, -0.15) is 0 Å². The van der Waals surface area contributed by atoms with Gasteiger partial charge in [0.2, 0.25) is 0 Å². The molecule has 3 rings (SSSR count). The molecule has 1 aliphatic rings. The Kier molecular flexibility index (Phi) is 3.63. The van der Waals surface area contributed by atoms with E-state index in [1.165, 1.54) is 20.3 Å². The van der Waals surface area contributed by atoms with Gasteiger partial charge in [-0.1, -0.05) is 30.3 Å². The summed E-state index contributed by atoms with van der Waals surface area (Å²) in [5, 5.41) is 10.2. The van der Waals surface area contributed by atoms with E-state index in [9.17, 15) is 9.90 Å². The fourth-order valence-electron chi connectivity index (χ4n) is 2.60. The molecular formula is C17H16O5. The SMILES string of the molecule is COc1cc(OC)c2c(c1O)C(=O)CC(c1ccccc1)O2. The molecule has 0 bridgehead atoms. The number of ether oxygens (including phenoxy) is 3. The number of Topliss-reactive ketones (excluding diaryl/α,β-unsaturated/α-hetero) is 1. The molecule has 2 aromatic carbocycles. The molecule has 1 aliphatic heterocycles. The lowest BCUT2D eigenvalue weighted by Gasteiger charge is -2.27. The second kappa shape index (κ2) is 5.60. The summed E-state index contributed by atoms with van der Waals surface area (Å²) in [6.07, 6.45) is -0.246. The molecule has 114 valence electrons. The Morgan fingerprint density at radius 1 is 1.14 bits per heavy atom. The molecule has 5 nitrogen and oxygen atoms in total. The Labute approximate surface area is 128 Å². The van der Waals surface area contributed by atoms with Gasteiger partial charge in [0.05, 0.1) is 20.6 Å². The number of aromatic hydroxyl groups is 1. The Balaban J connectivity index is 2.10. The van der Waals surface area contributed by atoms with Crippen molar-refractivity contribution < 1.29 is 24.1 Å². The molecular weight excluding hydrogens is 284 g/mol. The van der Waals surface area contributed by atoms with Crippen molar-refractivity contribution in [2.75, 3.05) is 14.2 Å². The summed E-state index contributed by atoms with van der Waals surface area (Å²) < 4.78 is 16.3. The van der Waals surface area contributed by atoms with E-state index in [0.717, 1.165) is 5.56 Å². The number of ketones is 1. The lowest BCUT2D eigenvalue weighted by Crippen LogP contribution is -2.21. The first kappa shape index (κ1) is 14.3. The van der Waals surface area contributed by atoms with Crippen molar-refractivity contribution in [1.82, 2.24) is 0 Å². The molecule has 22 heavy (non-hydrogen) atoms. The average Bonchev–Trinajstić information content (AvgIpc) is 2.55. The summed E-state index contributed by atoms with van der Waals surface area (Å²) >= 11 is 0. The summed E-state index contributed by atoms with van der Waals surface area (Å²) in [7, 11) is 2.90. The molecule has 0 saturated heterocycles. The van der Waals surface area contributed by atoms with Crippen molar-refractivity contribution in [2.24, 2.45) is 0 Å². The van der Waals surface area contributed by atoms with E-state index in [0.29, 0.717) is 5.75 Å². The Morgan fingerprint density at radius 2 is 1.82 bits per heavy atom. The second-order valence-electron chi connectivity index (χ2n) is 4.98. The van der Waals surface area contributed by atoms with Gasteiger partial charge in [0.15, 0.2) is 28.8 Å². The number of carbonyl (C=O) groups excluding carboxylic acids is 1. The fraction of sp³-hybridized carbons (Fsp3) is 0.235. The molecule has 2 aromatic rings. The highest BCUT2D eigenvalue weighted by atomic mass is 16.5. The molecule has 1 N–H and O–H groups in total. The first-order valence-electron chi connectivity index (χ1n) is 6.88. The minimum atomic E-state index is -0.400. The lowest BCUT2D eigenvalue weighted by atomic mass is 9.95. The van der Waals surface area contributed by atoms with Crippen LogP contribution in [0.3, 0.4) is 0 Å². The van der Waals surface area contributed by atoms with E-state index in [2.05, 4.69) is 0 Å². The van der Waals surface area contributed by atoms with Crippen molar-refractivity contribution >= 4 is 5.78 Å². The molecule has 0 spiro atoms.